The molecule has 0 saturated carbocycles. The van der Waals surface area contributed by atoms with Crippen molar-refractivity contribution in [3.05, 3.63) is 235 Å². The number of allylic oxidation sites excluding steroid dienone is 7. The lowest BCUT2D eigenvalue weighted by atomic mass is 9.84. The summed E-state index contributed by atoms with van der Waals surface area (Å²) in [6, 6.07) is 54.6. The monoisotopic (exact) mass is 872 g/mol. The maximum absolute atomic E-state index is 6.86. The van der Waals surface area contributed by atoms with Crippen molar-refractivity contribution in [2.75, 3.05) is 0 Å². The minimum absolute atomic E-state index is 0.0818. The summed E-state index contributed by atoms with van der Waals surface area (Å²) in [4.78, 5) is 0. The first-order chi connectivity index (χ1) is 32.4. The molecule has 5 nitrogen and oxygen atoms in total. The van der Waals surface area contributed by atoms with Crippen LogP contribution in [0.3, 0.4) is 0 Å². The number of para-hydroxylation sites is 2. The molecule has 10 rings (SSSR count). The van der Waals surface area contributed by atoms with Gasteiger partial charge >= 0.3 is 0 Å². The fourth-order valence-electron chi connectivity index (χ4n) is 9.07. The van der Waals surface area contributed by atoms with Crippen molar-refractivity contribution in [1.29, 1.82) is 0 Å². The van der Waals surface area contributed by atoms with Crippen LogP contribution in [-0.4, -0.2) is 9.13 Å². The molecule has 0 bridgehead atoms. The molecule has 2 aromatic heterocycles. The number of nitrogens with two attached hydrogens (primary N) is 1. The minimum atomic E-state index is -0.363. The third kappa shape index (κ3) is 10.5. The highest BCUT2D eigenvalue weighted by Crippen LogP contribution is 2.45. The van der Waals surface area contributed by atoms with Crippen molar-refractivity contribution >= 4 is 38.3 Å². The Labute approximate surface area is 394 Å². The minimum Gasteiger partial charge on any atom is -0.312 e. The summed E-state index contributed by atoms with van der Waals surface area (Å²) < 4.78 is 4.99. The van der Waals surface area contributed by atoms with Crippen LogP contribution in [0.15, 0.2) is 207 Å². The molecule has 0 fully saturated rings. The molecule has 6 aromatic carbocycles. The number of benzene rings is 6. The molecule has 3 unspecified atom stereocenters. The number of hydrogen-bond acceptors (Lipinski definition) is 3. The maximum Gasteiger partial charge on any atom is 0.0855 e. The molecule has 5 heteroatoms. The van der Waals surface area contributed by atoms with Crippen LogP contribution >= 0.6 is 0 Å². The van der Waals surface area contributed by atoms with E-state index < -0.39 is 0 Å². The first-order valence-electron chi connectivity index (χ1n) is 23.8. The Morgan fingerprint density at radius 2 is 1.14 bits per heavy atom. The maximum atomic E-state index is 6.86. The van der Waals surface area contributed by atoms with E-state index in [1.165, 1.54) is 60.8 Å². The zero-order valence-electron chi connectivity index (χ0n) is 40.0. The molecule has 0 spiro atoms. The number of aromatic nitrogens is 2. The molecule has 66 heavy (non-hydrogen) atoms. The van der Waals surface area contributed by atoms with Gasteiger partial charge in [-0.15, -0.1) is 6.58 Å². The van der Waals surface area contributed by atoms with Gasteiger partial charge in [-0.2, -0.15) is 0 Å². The van der Waals surface area contributed by atoms with Crippen molar-refractivity contribution in [3.8, 4) is 11.4 Å². The average Bonchev–Trinajstić information content (AvgIpc) is 3.90. The molecule has 0 amide bonds. The second-order valence-electron chi connectivity index (χ2n) is 16.0. The number of hydrogen-bond donors (Lipinski definition) is 3. The van der Waals surface area contributed by atoms with Crippen molar-refractivity contribution in [2.24, 2.45) is 5.73 Å². The summed E-state index contributed by atoms with van der Waals surface area (Å²) in [5.74, 6) is 0. The van der Waals surface area contributed by atoms with Gasteiger partial charge in [0.1, 0.15) is 0 Å². The normalized spacial score (nSPS) is 13.7. The molecular weight excluding hydrogens is 803 g/mol. The molecule has 4 N–H and O–H groups in total. The van der Waals surface area contributed by atoms with Crippen LogP contribution in [0.2, 0.25) is 0 Å². The molecule has 0 radical (unpaired) electrons. The molecule has 0 saturated heterocycles. The van der Waals surface area contributed by atoms with Crippen LogP contribution < -0.4 is 16.4 Å². The van der Waals surface area contributed by atoms with Gasteiger partial charge in [0, 0.05) is 33.6 Å². The predicted molar refractivity (Wildman–Crippen MR) is 287 cm³/mol. The molecule has 338 valence electrons. The van der Waals surface area contributed by atoms with Gasteiger partial charge in [0.25, 0.3) is 0 Å². The smallest absolute Gasteiger partial charge is 0.0855 e. The first kappa shape index (κ1) is 48.7. The van der Waals surface area contributed by atoms with Crippen LogP contribution in [0.1, 0.15) is 107 Å². The molecular formula is C61H69N5. The van der Waals surface area contributed by atoms with Crippen LogP contribution in [0, 0.1) is 0 Å². The standard InChI is InChI=1S/C50H45N5.C4H6.C3H6.2C2H6/c1-33(34-16-5-2-6-17-34)52-50(53-49(51)36-19-7-3-8-20-36)37-21-15-24-39(30-37)54-45-27-14-13-26-41(45)43-31-44-42-29-28-35-18-11-12-25-40(35)48(42)55(47(44)32-46(43)54)38-22-9-4-10-23-38;1-3-4-2;1-3-2;2*1-2/h2-10,12-17,19-27,30-33,49-50,52-53H,11,18,28-29,51H2,1H3;3-4H,1-2H2;3H,1H2,2H3;2*1-2H3. The van der Waals surface area contributed by atoms with Gasteiger partial charge in [0.05, 0.1) is 34.6 Å². The van der Waals surface area contributed by atoms with Crippen LogP contribution in [0.25, 0.3) is 49.7 Å². The van der Waals surface area contributed by atoms with Gasteiger partial charge in [-0.25, -0.2) is 0 Å². The summed E-state index contributed by atoms with van der Waals surface area (Å²) in [5, 5.41) is 11.5. The number of fused-ring (bicyclic) bond motifs is 7. The Morgan fingerprint density at radius 3 is 1.80 bits per heavy atom. The lowest BCUT2D eigenvalue weighted by Gasteiger charge is -2.29. The highest BCUT2D eigenvalue weighted by atomic mass is 15.2. The summed E-state index contributed by atoms with van der Waals surface area (Å²) >= 11 is 0. The summed E-state index contributed by atoms with van der Waals surface area (Å²) in [6.07, 6.45) is 13.7. The van der Waals surface area contributed by atoms with E-state index in [1.807, 2.05) is 52.8 Å². The third-order valence-electron chi connectivity index (χ3n) is 11.9. The SMILES string of the molecule is C=CC.C=CC=C.CC.CC.CC(NC(NC(N)c1ccccc1)c1cccc(-n2c3ccccc3c3cc4c5c(n(-c6ccccc6)c4cc32)C2=C(CCC=C2)CC5)c1)c1ccccc1. The highest BCUT2D eigenvalue weighted by Gasteiger charge is 2.28. The molecule has 8 aromatic rings. The number of rotatable bonds is 10. The van der Waals surface area contributed by atoms with E-state index in [9.17, 15) is 0 Å². The largest absolute Gasteiger partial charge is 0.312 e. The number of nitrogens with zero attached hydrogens (tertiary/aromatic N) is 2. The van der Waals surface area contributed by atoms with Gasteiger partial charge in [-0.3, -0.25) is 10.6 Å². The van der Waals surface area contributed by atoms with Crippen molar-refractivity contribution in [1.82, 2.24) is 19.8 Å². The molecule has 2 aliphatic carbocycles. The molecule has 3 atom stereocenters. The highest BCUT2D eigenvalue weighted by molar-refractivity contribution is 6.14. The van der Waals surface area contributed by atoms with E-state index >= 15 is 0 Å². The fourth-order valence-corrected chi connectivity index (χ4v) is 9.07. The van der Waals surface area contributed by atoms with Crippen LogP contribution in [-0.2, 0) is 6.42 Å². The Morgan fingerprint density at radius 1 is 0.561 bits per heavy atom. The second kappa shape index (κ2) is 24.0. The van der Waals surface area contributed by atoms with Gasteiger partial charge in [0.2, 0.25) is 0 Å². The van der Waals surface area contributed by atoms with Gasteiger partial charge in [-0.05, 0) is 110 Å². The Hall–Kier alpha value is -6.76. The van der Waals surface area contributed by atoms with E-state index in [1.54, 1.807) is 23.8 Å². The second-order valence-corrected chi connectivity index (χ2v) is 16.0. The van der Waals surface area contributed by atoms with E-state index in [-0.39, 0.29) is 18.4 Å². The summed E-state index contributed by atoms with van der Waals surface area (Å²) in [7, 11) is 0. The quantitative estimate of drug-likeness (QED) is 0.0729. The summed E-state index contributed by atoms with van der Waals surface area (Å²) in [5.41, 5.74) is 22.0. The molecule has 2 aliphatic rings. The van der Waals surface area contributed by atoms with Crippen molar-refractivity contribution < 1.29 is 0 Å². The first-order valence-corrected chi connectivity index (χ1v) is 23.8. The van der Waals surface area contributed by atoms with Gasteiger partial charge in [-0.1, -0.05) is 186 Å². The van der Waals surface area contributed by atoms with Crippen molar-refractivity contribution in [3.63, 3.8) is 0 Å². The van der Waals surface area contributed by atoms with E-state index in [2.05, 4.69) is 192 Å². The Balaban J connectivity index is 0.000000601. The number of nitrogens with one attached hydrogen (secondary N) is 2. The van der Waals surface area contributed by atoms with Crippen LogP contribution in [0.4, 0.5) is 0 Å². The summed E-state index contributed by atoms with van der Waals surface area (Å²) in [6.45, 7) is 22.2. The topological polar surface area (TPSA) is 59.9 Å². The third-order valence-corrected chi connectivity index (χ3v) is 11.9. The zero-order valence-corrected chi connectivity index (χ0v) is 40.0. The predicted octanol–water partition coefficient (Wildman–Crippen LogP) is 16.0. The van der Waals surface area contributed by atoms with E-state index in [4.69, 9.17) is 5.73 Å². The van der Waals surface area contributed by atoms with E-state index in [0.717, 1.165) is 42.5 Å². The van der Waals surface area contributed by atoms with Crippen LogP contribution in [0.5, 0.6) is 0 Å². The Kier molecular flexibility index (Phi) is 17.7. The van der Waals surface area contributed by atoms with Gasteiger partial charge in [0.15, 0.2) is 0 Å². The average molecular weight is 872 g/mol. The lowest BCUT2D eigenvalue weighted by Crippen LogP contribution is -2.41. The van der Waals surface area contributed by atoms with Crippen molar-refractivity contribution in [2.45, 2.75) is 85.6 Å². The van der Waals surface area contributed by atoms with E-state index in [0.29, 0.717) is 0 Å². The number of aryl methyl sites for hydroxylation is 1. The fraction of sp³-hybridized carbons (Fsp3) is 0.213. The zero-order chi connectivity index (χ0) is 47.0. The lowest BCUT2D eigenvalue weighted by molar-refractivity contribution is 0.356. The molecule has 0 aliphatic heterocycles. The van der Waals surface area contributed by atoms with Gasteiger partial charge < -0.3 is 14.9 Å². The Bertz CT molecular complexity index is 2840. The molecule has 2 heterocycles.